The van der Waals surface area contributed by atoms with Gasteiger partial charge in [0.25, 0.3) is 0 Å². The zero-order chi connectivity index (χ0) is 3.41. The fourth-order valence-electron chi connectivity index (χ4n) is 0. The molecular formula is C2HArBrN2. The summed E-state index contributed by atoms with van der Waals surface area (Å²) in [7, 11) is 0. The van der Waals surface area contributed by atoms with Gasteiger partial charge in [0.05, 0.1) is 0 Å². The van der Waals surface area contributed by atoms with Crippen molar-refractivity contribution in [3.05, 3.63) is 0 Å². The summed E-state index contributed by atoms with van der Waals surface area (Å²) in [6, 6.07) is 2.47. The fraction of sp³-hybridized carbons (Fsp3) is 0. The zero-order valence-corrected chi connectivity index (χ0v) is 5.08. The van der Waals surface area contributed by atoms with Crippen molar-refractivity contribution in [1.82, 2.24) is 0 Å². The molecule has 0 aliphatic rings. The van der Waals surface area contributed by atoms with E-state index < -0.39 is 0 Å². The topological polar surface area (TPSA) is 47.6 Å². The van der Waals surface area contributed by atoms with Crippen molar-refractivity contribution in [3.63, 3.8) is 0 Å². The molecule has 0 rings (SSSR count). The van der Waals surface area contributed by atoms with Crippen LogP contribution in [0.25, 0.3) is 0 Å². The Kier molecular flexibility index (Phi) is 45.6. The predicted molar refractivity (Wildman–Crippen MR) is 21.5 cm³/mol. The van der Waals surface area contributed by atoms with Gasteiger partial charge in [0.1, 0.15) is 0 Å². The van der Waals surface area contributed by atoms with Crippen LogP contribution in [0.5, 0.6) is 0 Å². The van der Waals surface area contributed by atoms with Crippen molar-refractivity contribution in [1.29, 1.82) is 10.5 Å². The quantitative estimate of drug-likeness (QED) is 0.538. The Morgan fingerprint density at radius 1 is 1.00 bits per heavy atom. The fourth-order valence-corrected chi connectivity index (χ4v) is 0. The van der Waals surface area contributed by atoms with Crippen LogP contribution in [0.4, 0.5) is 0 Å². The molecule has 0 unspecified atom stereocenters. The van der Waals surface area contributed by atoms with Crippen molar-refractivity contribution in [3.8, 4) is 12.1 Å². The van der Waals surface area contributed by atoms with E-state index >= 15 is 0 Å². The van der Waals surface area contributed by atoms with Gasteiger partial charge in [-0.3, -0.25) is 0 Å². The minimum absolute atomic E-state index is 0. The normalized spacial score (nSPS) is 1.67. The molecule has 0 atom stereocenters. The van der Waals surface area contributed by atoms with Crippen LogP contribution in [0.2, 0.25) is 0 Å². The molecule has 0 saturated carbocycles. The number of nitrogens with zero attached hydrogens (tertiary/aromatic N) is 2. The molecule has 0 fully saturated rings. The van der Waals surface area contributed by atoms with E-state index in [1.54, 1.807) is 0 Å². The summed E-state index contributed by atoms with van der Waals surface area (Å²) in [6.07, 6.45) is 0. The van der Waals surface area contributed by atoms with E-state index in [1.165, 1.54) is 12.1 Å². The summed E-state index contributed by atoms with van der Waals surface area (Å²) < 4.78 is 0. The maximum Gasteiger partial charge on any atom is 0.181 e. The first kappa shape index (κ1) is 15.9. The molecule has 6 heavy (non-hydrogen) atoms. The number of nitriles is 2. The molecule has 0 amide bonds. The molecule has 0 aromatic heterocycles. The van der Waals surface area contributed by atoms with Crippen LogP contribution in [-0.4, -0.2) is 0 Å². The van der Waals surface area contributed by atoms with E-state index in [4.69, 9.17) is 10.5 Å². The van der Waals surface area contributed by atoms with Gasteiger partial charge in [0.2, 0.25) is 0 Å². The molecule has 0 N–H and O–H groups in total. The number of rotatable bonds is 0. The van der Waals surface area contributed by atoms with E-state index in [2.05, 4.69) is 0 Å². The van der Waals surface area contributed by atoms with E-state index in [9.17, 15) is 0 Å². The average Bonchev–Trinajstić information content (AvgIpc) is 1.37. The number of hydrogen-bond donors (Lipinski definition) is 0. The SMILES string of the molecule is Br.N#CC#N.[Ar]. The molecule has 0 aliphatic carbocycles. The first-order valence-electron chi connectivity index (χ1n) is 0.697. The second-order valence-corrected chi connectivity index (χ2v) is 0.224. The Bertz CT molecular complexity index is 66.5. The molecule has 0 saturated heterocycles. The summed E-state index contributed by atoms with van der Waals surface area (Å²) >= 11 is 0. The third-order valence-corrected chi connectivity index (χ3v) is 0.0500. The first-order valence-corrected chi connectivity index (χ1v) is 0.697. The zero-order valence-electron chi connectivity index (χ0n) is 2.66. The maximum absolute atomic E-state index is 7.26. The molecule has 34 valence electrons. The van der Waals surface area contributed by atoms with Crippen molar-refractivity contribution in [2.24, 2.45) is 0 Å². The monoisotopic (exact) mass is 172 g/mol. The van der Waals surface area contributed by atoms with Crippen molar-refractivity contribution >= 4 is 17.0 Å². The molecule has 0 heterocycles. The minimum atomic E-state index is 0. The largest absolute Gasteiger partial charge is 0.181 e. The van der Waals surface area contributed by atoms with Gasteiger partial charge < -0.3 is 0 Å². The van der Waals surface area contributed by atoms with Crippen LogP contribution >= 0.6 is 17.0 Å². The van der Waals surface area contributed by atoms with Crippen LogP contribution < -0.4 is 0 Å². The van der Waals surface area contributed by atoms with Gasteiger partial charge in [-0.15, -0.1) is 17.0 Å². The summed E-state index contributed by atoms with van der Waals surface area (Å²) in [4.78, 5) is 0. The predicted octanol–water partition coefficient (Wildman–Crippen LogP) is 0.611. The van der Waals surface area contributed by atoms with Gasteiger partial charge in [-0.05, 0) is 0 Å². The molecule has 0 aliphatic heterocycles. The third kappa shape index (κ3) is 22.1. The molecule has 4 heteroatoms. The standard InChI is InChI=1S/C2N2.Ar.BrH/c3-1-2-4;;/h;;1H. The maximum atomic E-state index is 7.26. The Hall–Kier alpha value is 0.720. The van der Waals surface area contributed by atoms with E-state index in [0.29, 0.717) is 0 Å². The van der Waals surface area contributed by atoms with E-state index in [-0.39, 0.29) is 54.7 Å². The molecule has 2 nitrogen and oxygen atoms in total. The first-order chi connectivity index (χ1) is 1.91. The van der Waals surface area contributed by atoms with Gasteiger partial charge in [-0.1, -0.05) is 0 Å². The number of halogens is 1. The molecule has 0 radical (unpaired) electrons. The molecule has 0 spiro atoms. The second kappa shape index (κ2) is 17.2. The number of hydrogen-bond acceptors (Lipinski definition) is 2. The summed E-state index contributed by atoms with van der Waals surface area (Å²) in [5, 5.41) is 14.5. The second-order valence-electron chi connectivity index (χ2n) is 0.224. The van der Waals surface area contributed by atoms with Crippen LogP contribution in [0.15, 0.2) is 0 Å². The van der Waals surface area contributed by atoms with Gasteiger partial charge in [0, 0.05) is 37.7 Å². The van der Waals surface area contributed by atoms with Crippen LogP contribution in [-0.2, 0) is 0 Å². The van der Waals surface area contributed by atoms with Gasteiger partial charge >= 0.3 is 0 Å². The average molecular weight is 173 g/mol. The van der Waals surface area contributed by atoms with E-state index in [1.807, 2.05) is 0 Å². The van der Waals surface area contributed by atoms with Gasteiger partial charge in [-0.2, -0.15) is 10.5 Å². The summed E-state index contributed by atoms with van der Waals surface area (Å²) in [6.45, 7) is 0. The van der Waals surface area contributed by atoms with Crippen molar-refractivity contribution in [2.75, 3.05) is 0 Å². The van der Waals surface area contributed by atoms with Gasteiger partial charge in [-0.25, -0.2) is 0 Å². The Morgan fingerprint density at radius 2 is 1.17 bits per heavy atom. The molecular weight excluding hydrogens is 172 g/mol. The summed E-state index contributed by atoms with van der Waals surface area (Å²) in [5.41, 5.74) is 0. The van der Waals surface area contributed by atoms with Crippen LogP contribution in [0, 0.1) is 60.4 Å². The van der Waals surface area contributed by atoms with Crippen molar-refractivity contribution in [2.45, 2.75) is 0 Å². The molecule has 0 bridgehead atoms. The van der Waals surface area contributed by atoms with Crippen LogP contribution in [0.1, 0.15) is 0 Å². The van der Waals surface area contributed by atoms with Gasteiger partial charge in [0.15, 0.2) is 12.1 Å². The minimum Gasteiger partial charge on any atom is -0.181 e. The van der Waals surface area contributed by atoms with E-state index in [0.717, 1.165) is 0 Å². The molecule has 0 aromatic rings. The third-order valence-electron chi connectivity index (χ3n) is 0.0500. The summed E-state index contributed by atoms with van der Waals surface area (Å²) in [5.74, 6) is 0. The van der Waals surface area contributed by atoms with Crippen LogP contribution in [0.3, 0.4) is 0 Å². The Labute approximate surface area is 76.5 Å². The smallest absolute Gasteiger partial charge is 0.181 e. The Morgan fingerprint density at radius 3 is 1.17 bits per heavy atom. The Balaban J connectivity index is -0.0000000450. The van der Waals surface area contributed by atoms with Crippen molar-refractivity contribution < 1.29 is 37.7 Å². The molecule has 0 aromatic carbocycles.